The zero-order chi connectivity index (χ0) is 10.8. The molecule has 3 rings (SSSR count). The predicted molar refractivity (Wildman–Crippen MR) is 64.1 cm³/mol. The molecular formula is C12H23N3. The molecule has 0 aromatic heterocycles. The van der Waals surface area contributed by atoms with Gasteiger partial charge in [0.2, 0.25) is 0 Å². The largest absolute Gasteiger partial charge is 0.309 e. The minimum atomic E-state index is 0.470. The van der Waals surface area contributed by atoms with Crippen molar-refractivity contribution in [2.75, 3.05) is 39.3 Å². The number of likely N-dealkylation sites (N-methyl/N-ethyl adjacent to an activating group) is 1. The summed E-state index contributed by atoms with van der Waals surface area (Å²) >= 11 is 0. The molecule has 15 heavy (non-hydrogen) atoms. The van der Waals surface area contributed by atoms with Gasteiger partial charge in [0.15, 0.2) is 0 Å². The Morgan fingerprint density at radius 1 is 1.40 bits per heavy atom. The zero-order valence-corrected chi connectivity index (χ0v) is 10.00. The summed E-state index contributed by atoms with van der Waals surface area (Å²) in [5.41, 5.74) is 1.27. The highest BCUT2D eigenvalue weighted by Crippen LogP contribution is 2.20. The Morgan fingerprint density at radius 2 is 2.07 bits per heavy atom. The standard InChI is InChI=1S/C12H23N3/c1-4-13-12(10(2)3)11-9-14-5-7-15(11)8-6-14/h11-13H,2,4-9H2,1,3H3. The lowest BCUT2D eigenvalue weighted by Gasteiger charge is -2.50. The number of hydrogen-bond acceptors (Lipinski definition) is 3. The topological polar surface area (TPSA) is 18.5 Å². The normalized spacial score (nSPS) is 36.5. The van der Waals surface area contributed by atoms with Crippen molar-refractivity contribution in [3.8, 4) is 0 Å². The summed E-state index contributed by atoms with van der Waals surface area (Å²) in [4.78, 5) is 5.21. The quantitative estimate of drug-likeness (QED) is 0.682. The van der Waals surface area contributed by atoms with Gasteiger partial charge in [-0.05, 0) is 13.5 Å². The molecule has 0 spiro atoms. The van der Waals surface area contributed by atoms with Crippen LogP contribution in [0.1, 0.15) is 13.8 Å². The van der Waals surface area contributed by atoms with E-state index in [0.717, 1.165) is 6.54 Å². The van der Waals surface area contributed by atoms with Gasteiger partial charge in [-0.1, -0.05) is 19.1 Å². The number of hydrogen-bond donors (Lipinski definition) is 1. The van der Waals surface area contributed by atoms with Crippen LogP contribution >= 0.6 is 0 Å². The van der Waals surface area contributed by atoms with E-state index in [2.05, 4.69) is 35.5 Å². The molecule has 0 aliphatic carbocycles. The van der Waals surface area contributed by atoms with Gasteiger partial charge < -0.3 is 5.32 Å². The van der Waals surface area contributed by atoms with Crippen LogP contribution in [0.4, 0.5) is 0 Å². The SMILES string of the molecule is C=C(C)C(NCC)C1CN2CCN1CC2. The molecule has 3 saturated heterocycles. The highest BCUT2D eigenvalue weighted by atomic mass is 15.4. The first-order valence-corrected chi connectivity index (χ1v) is 6.07. The van der Waals surface area contributed by atoms with Crippen LogP contribution in [0, 0.1) is 0 Å². The van der Waals surface area contributed by atoms with Gasteiger partial charge in [-0.3, -0.25) is 9.80 Å². The fourth-order valence-corrected chi connectivity index (χ4v) is 2.83. The van der Waals surface area contributed by atoms with Crippen molar-refractivity contribution in [2.24, 2.45) is 0 Å². The number of fused-ring (bicyclic) bond motifs is 3. The Kier molecular flexibility index (Phi) is 3.44. The maximum Gasteiger partial charge on any atom is 0.0444 e. The van der Waals surface area contributed by atoms with Crippen LogP contribution < -0.4 is 5.32 Å². The van der Waals surface area contributed by atoms with E-state index in [1.165, 1.54) is 38.3 Å². The Bertz CT molecular complexity index is 231. The van der Waals surface area contributed by atoms with Gasteiger partial charge in [-0.25, -0.2) is 0 Å². The third-order valence-corrected chi connectivity index (χ3v) is 3.66. The van der Waals surface area contributed by atoms with E-state index < -0.39 is 0 Å². The van der Waals surface area contributed by atoms with E-state index in [4.69, 9.17) is 0 Å². The molecule has 3 aliphatic rings. The van der Waals surface area contributed by atoms with Crippen LogP contribution in [-0.4, -0.2) is 61.2 Å². The Morgan fingerprint density at radius 3 is 2.47 bits per heavy atom. The molecule has 0 amide bonds. The summed E-state index contributed by atoms with van der Waals surface area (Å²) in [6, 6.07) is 1.11. The van der Waals surface area contributed by atoms with Crippen molar-refractivity contribution >= 4 is 0 Å². The Balaban J connectivity index is 2.04. The van der Waals surface area contributed by atoms with E-state index in [1.807, 2.05) is 0 Å². The van der Waals surface area contributed by atoms with Crippen LogP contribution in [0.5, 0.6) is 0 Å². The van der Waals surface area contributed by atoms with Crippen LogP contribution in [0.25, 0.3) is 0 Å². The van der Waals surface area contributed by atoms with E-state index in [-0.39, 0.29) is 0 Å². The number of nitrogens with one attached hydrogen (secondary N) is 1. The first-order valence-electron chi connectivity index (χ1n) is 6.07. The molecule has 2 unspecified atom stereocenters. The molecule has 3 fully saturated rings. The second-order valence-corrected chi connectivity index (χ2v) is 4.79. The van der Waals surface area contributed by atoms with Crippen molar-refractivity contribution in [3.05, 3.63) is 12.2 Å². The van der Waals surface area contributed by atoms with Crippen LogP contribution in [0.3, 0.4) is 0 Å². The average Bonchev–Trinajstić information content (AvgIpc) is 2.27. The second kappa shape index (κ2) is 4.64. The molecule has 1 N–H and O–H groups in total. The first-order chi connectivity index (χ1) is 7.22. The monoisotopic (exact) mass is 209 g/mol. The first kappa shape index (κ1) is 11.1. The van der Waals surface area contributed by atoms with E-state index in [9.17, 15) is 0 Å². The highest BCUT2D eigenvalue weighted by molar-refractivity contribution is 5.10. The fraction of sp³-hybridized carbons (Fsp3) is 0.833. The lowest BCUT2D eigenvalue weighted by molar-refractivity contribution is 0.00242. The summed E-state index contributed by atoms with van der Waals surface area (Å²) in [7, 11) is 0. The molecule has 3 heteroatoms. The van der Waals surface area contributed by atoms with Crippen LogP contribution in [0.2, 0.25) is 0 Å². The average molecular weight is 209 g/mol. The van der Waals surface area contributed by atoms with Gasteiger partial charge in [-0.2, -0.15) is 0 Å². The summed E-state index contributed by atoms with van der Waals surface area (Å²) in [6.07, 6.45) is 0. The van der Waals surface area contributed by atoms with Crippen molar-refractivity contribution < 1.29 is 0 Å². The molecular weight excluding hydrogens is 186 g/mol. The minimum Gasteiger partial charge on any atom is -0.309 e. The van der Waals surface area contributed by atoms with Gasteiger partial charge in [0.05, 0.1) is 0 Å². The molecule has 0 radical (unpaired) electrons. The molecule has 3 heterocycles. The van der Waals surface area contributed by atoms with E-state index >= 15 is 0 Å². The van der Waals surface area contributed by atoms with E-state index in [1.54, 1.807) is 0 Å². The summed E-state index contributed by atoms with van der Waals surface area (Å²) < 4.78 is 0. The number of piperazine rings is 3. The lowest BCUT2D eigenvalue weighted by atomic mass is 9.95. The van der Waals surface area contributed by atoms with E-state index in [0.29, 0.717) is 12.1 Å². The molecule has 2 bridgehead atoms. The number of rotatable bonds is 4. The lowest BCUT2D eigenvalue weighted by Crippen LogP contribution is -2.66. The zero-order valence-electron chi connectivity index (χ0n) is 10.00. The molecule has 0 aromatic carbocycles. The van der Waals surface area contributed by atoms with Gasteiger partial charge >= 0.3 is 0 Å². The van der Waals surface area contributed by atoms with Gasteiger partial charge in [0.25, 0.3) is 0 Å². The van der Waals surface area contributed by atoms with Gasteiger partial charge in [-0.15, -0.1) is 0 Å². The molecule has 3 aliphatic heterocycles. The van der Waals surface area contributed by atoms with Crippen molar-refractivity contribution in [1.29, 1.82) is 0 Å². The second-order valence-electron chi connectivity index (χ2n) is 4.79. The minimum absolute atomic E-state index is 0.470. The van der Waals surface area contributed by atoms with Crippen LogP contribution in [-0.2, 0) is 0 Å². The van der Waals surface area contributed by atoms with Gasteiger partial charge in [0.1, 0.15) is 0 Å². The van der Waals surface area contributed by atoms with Crippen LogP contribution in [0.15, 0.2) is 12.2 Å². The third kappa shape index (κ3) is 2.25. The molecule has 2 atom stereocenters. The molecule has 86 valence electrons. The maximum atomic E-state index is 4.13. The number of nitrogens with zero attached hydrogens (tertiary/aromatic N) is 2. The summed E-state index contributed by atoms with van der Waals surface area (Å²) in [5, 5.41) is 3.57. The highest BCUT2D eigenvalue weighted by Gasteiger charge is 2.36. The molecule has 0 saturated carbocycles. The third-order valence-electron chi connectivity index (χ3n) is 3.66. The van der Waals surface area contributed by atoms with Crippen molar-refractivity contribution in [3.63, 3.8) is 0 Å². The fourth-order valence-electron chi connectivity index (χ4n) is 2.83. The maximum absolute atomic E-state index is 4.13. The Labute approximate surface area is 93.1 Å². The summed E-state index contributed by atoms with van der Waals surface area (Å²) in [5.74, 6) is 0. The predicted octanol–water partition coefficient (Wildman–Crippen LogP) is 0.540. The van der Waals surface area contributed by atoms with Crippen molar-refractivity contribution in [2.45, 2.75) is 25.9 Å². The van der Waals surface area contributed by atoms with Crippen molar-refractivity contribution in [1.82, 2.24) is 15.1 Å². The Hall–Kier alpha value is -0.380. The van der Waals surface area contributed by atoms with Gasteiger partial charge in [0, 0.05) is 44.8 Å². The molecule has 0 aromatic rings. The molecule has 3 nitrogen and oxygen atoms in total. The summed E-state index contributed by atoms with van der Waals surface area (Å²) in [6.45, 7) is 15.7. The smallest absolute Gasteiger partial charge is 0.0444 e.